The Morgan fingerprint density at radius 1 is 0.545 bits per heavy atom. The molecule has 0 amide bonds. The third-order valence-electron chi connectivity index (χ3n) is 6.97. The molecular formula is C32H25N. The van der Waals surface area contributed by atoms with Crippen molar-refractivity contribution in [3.63, 3.8) is 0 Å². The second-order valence-electron chi connectivity index (χ2n) is 9.00. The maximum Gasteiger partial charge on any atom is 0.0713 e. The van der Waals surface area contributed by atoms with Crippen LogP contribution in [-0.4, -0.2) is 4.98 Å². The fourth-order valence-corrected chi connectivity index (χ4v) is 5.37. The average molecular weight is 424 g/mol. The lowest BCUT2D eigenvalue weighted by Gasteiger charge is -2.34. The molecule has 0 fully saturated rings. The minimum atomic E-state index is -0.377. The van der Waals surface area contributed by atoms with Gasteiger partial charge < -0.3 is 0 Å². The normalized spacial score (nSPS) is 13.4. The molecule has 0 saturated heterocycles. The van der Waals surface area contributed by atoms with E-state index in [1.54, 1.807) is 0 Å². The molecule has 1 aromatic heterocycles. The maximum atomic E-state index is 4.64. The SMILES string of the molecule is Cc1ccc(C2(c3ccc(C)cc3)c3ccccc3-c3ccc(-c4ccccn4)cc32)cc1. The van der Waals surface area contributed by atoms with Gasteiger partial charge >= 0.3 is 0 Å². The Bertz CT molecular complexity index is 1400. The highest BCUT2D eigenvalue weighted by atomic mass is 14.7. The highest BCUT2D eigenvalue weighted by Gasteiger charge is 2.46. The van der Waals surface area contributed by atoms with Crippen LogP contribution in [0.2, 0.25) is 0 Å². The van der Waals surface area contributed by atoms with Gasteiger partial charge in [0.15, 0.2) is 0 Å². The Balaban J connectivity index is 1.73. The first-order chi connectivity index (χ1) is 16.2. The minimum absolute atomic E-state index is 0.377. The van der Waals surface area contributed by atoms with Crippen LogP contribution in [0.15, 0.2) is 115 Å². The van der Waals surface area contributed by atoms with E-state index in [1.165, 1.54) is 44.5 Å². The van der Waals surface area contributed by atoms with Gasteiger partial charge in [-0.3, -0.25) is 4.98 Å². The summed E-state index contributed by atoms with van der Waals surface area (Å²) < 4.78 is 0. The third kappa shape index (κ3) is 2.97. The number of hydrogen-bond donors (Lipinski definition) is 0. The second-order valence-corrected chi connectivity index (χ2v) is 9.00. The first-order valence-corrected chi connectivity index (χ1v) is 11.5. The van der Waals surface area contributed by atoms with Crippen molar-refractivity contribution in [1.29, 1.82) is 0 Å². The molecule has 1 heterocycles. The van der Waals surface area contributed by atoms with Crippen LogP contribution < -0.4 is 0 Å². The molecule has 0 spiro atoms. The molecular weight excluding hydrogens is 398 g/mol. The molecule has 6 rings (SSSR count). The molecule has 158 valence electrons. The lowest BCUT2D eigenvalue weighted by Crippen LogP contribution is -2.28. The van der Waals surface area contributed by atoms with Crippen LogP contribution in [0.3, 0.4) is 0 Å². The molecule has 4 aromatic carbocycles. The van der Waals surface area contributed by atoms with Crippen molar-refractivity contribution in [2.75, 3.05) is 0 Å². The van der Waals surface area contributed by atoms with Crippen LogP contribution in [0.25, 0.3) is 22.4 Å². The number of nitrogens with zero attached hydrogens (tertiary/aromatic N) is 1. The summed E-state index contributed by atoms with van der Waals surface area (Å²) >= 11 is 0. The molecule has 5 aromatic rings. The van der Waals surface area contributed by atoms with Gasteiger partial charge in [-0.25, -0.2) is 0 Å². The Hall–Kier alpha value is -3.97. The predicted octanol–water partition coefficient (Wildman–Crippen LogP) is 7.73. The highest BCUT2D eigenvalue weighted by Crippen LogP contribution is 2.56. The van der Waals surface area contributed by atoms with E-state index in [0.717, 1.165) is 11.3 Å². The quantitative estimate of drug-likeness (QED) is 0.284. The van der Waals surface area contributed by atoms with Gasteiger partial charge in [0.2, 0.25) is 0 Å². The predicted molar refractivity (Wildman–Crippen MR) is 136 cm³/mol. The molecule has 0 bridgehead atoms. The summed E-state index contributed by atoms with van der Waals surface area (Å²) in [7, 11) is 0. The Labute approximate surface area is 195 Å². The standard InChI is InChI=1S/C32H25N/c1-22-10-15-25(16-11-22)32(26-17-12-23(2)13-18-26)29-8-4-3-7-27(29)28-19-14-24(21-30(28)32)31-9-5-6-20-33-31/h3-21H,1-2H3. The summed E-state index contributed by atoms with van der Waals surface area (Å²) in [6.45, 7) is 4.30. The smallest absolute Gasteiger partial charge is 0.0713 e. The molecule has 1 aliphatic rings. The van der Waals surface area contributed by atoms with Crippen LogP contribution in [0.5, 0.6) is 0 Å². The fraction of sp³-hybridized carbons (Fsp3) is 0.0938. The number of aryl methyl sites for hydroxylation is 2. The van der Waals surface area contributed by atoms with Crippen molar-refractivity contribution in [3.8, 4) is 22.4 Å². The second kappa shape index (κ2) is 7.56. The summed E-state index contributed by atoms with van der Waals surface area (Å²) in [5, 5.41) is 0. The molecule has 0 radical (unpaired) electrons. The van der Waals surface area contributed by atoms with Gasteiger partial charge in [-0.1, -0.05) is 102 Å². The van der Waals surface area contributed by atoms with E-state index in [1.807, 2.05) is 12.3 Å². The van der Waals surface area contributed by atoms with Crippen molar-refractivity contribution < 1.29 is 0 Å². The van der Waals surface area contributed by atoms with E-state index >= 15 is 0 Å². The van der Waals surface area contributed by atoms with E-state index in [-0.39, 0.29) is 5.41 Å². The molecule has 0 aliphatic heterocycles. The number of rotatable bonds is 3. The van der Waals surface area contributed by atoms with Gasteiger partial charge in [0.1, 0.15) is 0 Å². The lowest BCUT2D eigenvalue weighted by atomic mass is 9.67. The zero-order valence-electron chi connectivity index (χ0n) is 18.9. The molecule has 1 nitrogen and oxygen atoms in total. The molecule has 33 heavy (non-hydrogen) atoms. The fourth-order valence-electron chi connectivity index (χ4n) is 5.37. The highest BCUT2D eigenvalue weighted by molar-refractivity contribution is 5.88. The van der Waals surface area contributed by atoms with Crippen LogP contribution in [0.1, 0.15) is 33.4 Å². The number of benzene rings is 4. The monoisotopic (exact) mass is 423 g/mol. The summed E-state index contributed by atoms with van der Waals surface area (Å²) in [6, 6.07) is 40.0. The zero-order valence-corrected chi connectivity index (χ0v) is 18.9. The van der Waals surface area contributed by atoms with E-state index in [4.69, 9.17) is 0 Å². The summed E-state index contributed by atoms with van der Waals surface area (Å²) in [6.07, 6.45) is 1.87. The van der Waals surface area contributed by atoms with E-state index < -0.39 is 0 Å². The molecule has 1 aliphatic carbocycles. The van der Waals surface area contributed by atoms with Gasteiger partial charge in [0, 0.05) is 11.8 Å². The largest absolute Gasteiger partial charge is 0.256 e. The Morgan fingerprint density at radius 2 is 1.15 bits per heavy atom. The number of fused-ring (bicyclic) bond motifs is 3. The average Bonchev–Trinajstić information content (AvgIpc) is 3.16. The van der Waals surface area contributed by atoms with E-state index in [9.17, 15) is 0 Å². The van der Waals surface area contributed by atoms with Crippen LogP contribution in [-0.2, 0) is 5.41 Å². The molecule has 0 saturated carbocycles. The van der Waals surface area contributed by atoms with Gasteiger partial charge in [-0.15, -0.1) is 0 Å². The van der Waals surface area contributed by atoms with Crippen molar-refractivity contribution >= 4 is 0 Å². The van der Waals surface area contributed by atoms with Gasteiger partial charge in [-0.05, 0) is 65.4 Å². The zero-order chi connectivity index (χ0) is 22.4. The van der Waals surface area contributed by atoms with Crippen LogP contribution in [0.4, 0.5) is 0 Å². The first-order valence-electron chi connectivity index (χ1n) is 11.5. The number of aromatic nitrogens is 1. The van der Waals surface area contributed by atoms with Gasteiger partial charge in [0.05, 0.1) is 11.1 Å². The van der Waals surface area contributed by atoms with Crippen molar-refractivity contribution in [2.45, 2.75) is 19.3 Å². The molecule has 1 heteroatoms. The van der Waals surface area contributed by atoms with Crippen molar-refractivity contribution in [2.24, 2.45) is 0 Å². The summed E-state index contributed by atoms with van der Waals surface area (Å²) in [5.74, 6) is 0. The number of hydrogen-bond acceptors (Lipinski definition) is 1. The van der Waals surface area contributed by atoms with Crippen molar-refractivity contribution in [3.05, 3.63) is 149 Å². The first kappa shape index (κ1) is 19.7. The Kier molecular flexibility index (Phi) is 4.52. The van der Waals surface area contributed by atoms with Crippen molar-refractivity contribution in [1.82, 2.24) is 4.98 Å². The van der Waals surface area contributed by atoms with Crippen LogP contribution in [0, 0.1) is 13.8 Å². The van der Waals surface area contributed by atoms with E-state index in [0.29, 0.717) is 0 Å². The Morgan fingerprint density at radius 3 is 1.79 bits per heavy atom. The lowest BCUT2D eigenvalue weighted by molar-refractivity contribution is 0.768. The summed E-state index contributed by atoms with van der Waals surface area (Å²) in [4.78, 5) is 4.64. The molecule has 0 atom stereocenters. The topological polar surface area (TPSA) is 12.9 Å². The van der Waals surface area contributed by atoms with Gasteiger partial charge in [0.25, 0.3) is 0 Å². The van der Waals surface area contributed by atoms with Gasteiger partial charge in [-0.2, -0.15) is 0 Å². The molecule has 0 unspecified atom stereocenters. The number of pyridine rings is 1. The maximum absolute atomic E-state index is 4.64. The third-order valence-corrected chi connectivity index (χ3v) is 6.97. The summed E-state index contributed by atoms with van der Waals surface area (Å²) in [5.41, 5.74) is 12.2. The minimum Gasteiger partial charge on any atom is -0.256 e. The van der Waals surface area contributed by atoms with E-state index in [2.05, 4.69) is 122 Å². The van der Waals surface area contributed by atoms with Crippen LogP contribution >= 0.6 is 0 Å². The molecule has 0 N–H and O–H groups in total.